The first-order chi connectivity index (χ1) is 6.59. The predicted molar refractivity (Wildman–Crippen MR) is 63.0 cm³/mol. The molecule has 0 aromatic heterocycles. The lowest BCUT2D eigenvalue weighted by atomic mass is 10.1. The van der Waals surface area contributed by atoms with Crippen LogP contribution in [0.25, 0.3) is 0 Å². The van der Waals surface area contributed by atoms with Gasteiger partial charge in [0.2, 0.25) is 0 Å². The molecular weight excluding hydrogens is 194 g/mol. The van der Waals surface area contributed by atoms with Gasteiger partial charge in [0.15, 0.2) is 5.11 Å². The van der Waals surface area contributed by atoms with Gasteiger partial charge in [-0.1, -0.05) is 29.8 Å². The third kappa shape index (κ3) is 3.14. The van der Waals surface area contributed by atoms with Crippen LogP contribution in [0, 0.1) is 13.8 Å². The van der Waals surface area contributed by atoms with Gasteiger partial charge in [0.1, 0.15) is 0 Å². The fourth-order valence-electron chi connectivity index (χ4n) is 0.933. The molecule has 0 fully saturated rings. The van der Waals surface area contributed by atoms with E-state index < -0.39 is 0 Å². The van der Waals surface area contributed by atoms with Crippen LogP contribution in [0.15, 0.2) is 29.4 Å². The average Bonchev–Trinajstić information content (AvgIpc) is 2.15. The molecule has 0 amide bonds. The van der Waals surface area contributed by atoms with E-state index in [1.807, 2.05) is 31.2 Å². The van der Waals surface area contributed by atoms with Crippen molar-refractivity contribution in [1.82, 2.24) is 5.43 Å². The van der Waals surface area contributed by atoms with E-state index in [9.17, 15) is 0 Å². The number of hydrazone groups is 1. The summed E-state index contributed by atoms with van der Waals surface area (Å²) in [5.41, 5.74) is 10.5. The van der Waals surface area contributed by atoms with Crippen LogP contribution in [0.5, 0.6) is 0 Å². The first-order valence-electron chi connectivity index (χ1n) is 4.11. The molecule has 0 aliphatic carbocycles. The minimum Gasteiger partial charge on any atom is -0.375 e. The third-order valence-electron chi connectivity index (χ3n) is 1.69. The molecule has 1 aromatic carbocycles. The van der Waals surface area contributed by atoms with E-state index in [2.05, 4.69) is 29.7 Å². The average molecular weight is 206 g/mol. The molecule has 1 radical (unpaired) electrons. The monoisotopic (exact) mass is 206 g/mol. The Morgan fingerprint density at radius 2 is 2.00 bits per heavy atom. The quantitative estimate of drug-likeness (QED) is 0.436. The number of thiocarbonyl (C=S) groups is 1. The Balaban J connectivity index is 2.78. The molecule has 0 saturated heterocycles. The summed E-state index contributed by atoms with van der Waals surface area (Å²) in [4.78, 5) is 0. The van der Waals surface area contributed by atoms with Crippen molar-refractivity contribution < 1.29 is 0 Å². The second kappa shape index (κ2) is 4.72. The maximum Gasteiger partial charge on any atom is 0.184 e. The highest BCUT2D eigenvalue weighted by Gasteiger charge is 1.96. The SMILES string of the molecule is [CH2]/C(=N/NC(N)=S)c1ccc(C)cc1. The first-order valence-corrected chi connectivity index (χ1v) is 4.52. The summed E-state index contributed by atoms with van der Waals surface area (Å²) in [6, 6.07) is 7.89. The molecule has 3 nitrogen and oxygen atoms in total. The summed E-state index contributed by atoms with van der Waals surface area (Å²) in [5.74, 6) is 0. The van der Waals surface area contributed by atoms with Crippen LogP contribution in [-0.4, -0.2) is 10.8 Å². The van der Waals surface area contributed by atoms with Gasteiger partial charge in [0.25, 0.3) is 0 Å². The normalized spacial score (nSPS) is 11.1. The third-order valence-corrected chi connectivity index (χ3v) is 1.78. The van der Waals surface area contributed by atoms with Crippen LogP contribution in [0.2, 0.25) is 0 Å². The predicted octanol–water partition coefficient (Wildman–Crippen LogP) is 1.37. The second-order valence-electron chi connectivity index (χ2n) is 2.90. The molecule has 0 saturated carbocycles. The maximum absolute atomic E-state index is 5.23. The molecule has 4 heteroatoms. The lowest BCUT2D eigenvalue weighted by Gasteiger charge is -2.01. The van der Waals surface area contributed by atoms with Gasteiger partial charge in [0.05, 0.1) is 5.71 Å². The molecular formula is C10H12N3S. The zero-order valence-electron chi connectivity index (χ0n) is 7.95. The van der Waals surface area contributed by atoms with Gasteiger partial charge in [-0.3, -0.25) is 5.43 Å². The summed E-state index contributed by atoms with van der Waals surface area (Å²) < 4.78 is 0. The van der Waals surface area contributed by atoms with E-state index in [4.69, 9.17) is 5.73 Å². The largest absolute Gasteiger partial charge is 0.375 e. The van der Waals surface area contributed by atoms with Crippen molar-refractivity contribution >= 4 is 23.0 Å². The fourth-order valence-corrected chi connectivity index (χ4v) is 0.979. The number of hydrogen-bond acceptors (Lipinski definition) is 2. The van der Waals surface area contributed by atoms with Gasteiger partial charge in [-0.2, -0.15) is 5.10 Å². The van der Waals surface area contributed by atoms with E-state index in [1.165, 1.54) is 5.56 Å². The molecule has 1 aromatic rings. The standard InChI is InChI=1S/C10H12N3S/c1-7-3-5-9(6-4-7)8(2)12-13-10(11)14/h3-6H,2H2,1H3,(H3,11,13,14)/b12-8-. The maximum atomic E-state index is 5.23. The van der Waals surface area contributed by atoms with Gasteiger partial charge in [-0.25, -0.2) is 0 Å². The van der Waals surface area contributed by atoms with Gasteiger partial charge in [0, 0.05) is 0 Å². The molecule has 73 valence electrons. The van der Waals surface area contributed by atoms with E-state index in [1.54, 1.807) is 0 Å². The Hall–Kier alpha value is -1.42. The molecule has 0 bridgehead atoms. The summed E-state index contributed by atoms with van der Waals surface area (Å²) >= 11 is 4.62. The lowest BCUT2D eigenvalue weighted by molar-refractivity contribution is 1.03. The number of nitrogens with two attached hydrogens (primary N) is 1. The molecule has 0 unspecified atom stereocenters. The van der Waals surface area contributed by atoms with Crippen LogP contribution < -0.4 is 11.2 Å². The van der Waals surface area contributed by atoms with Gasteiger partial charge < -0.3 is 5.73 Å². The topological polar surface area (TPSA) is 50.4 Å². The van der Waals surface area contributed by atoms with Crippen molar-refractivity contribution in [2.24, 2.45) is 10.8 Å². The Morgan fingerprint density at radius 1 is 1.43 bits per heavy atom. The molecule has 0 spiro atoms. The van der Waals surface area contributed by atoms with Gasteiger partial charge >= 0.3 is 0 Å². The van der Waals surface area contributed by atoms with Crippen LogP contribution in [0.1, 0.15) is 11.1 Å². The highest BCUT2D eigenvalue weighted by Crippen LogP contribution is 2.03. The zero-order chi connectivity index (χ0) is 10.6. The number of hydrogen-bond donors (Lipinski definition) is 2. The molecule has 0 atom stereocenters. The van der Waals surface area contributed by atoms with Gasteiger partial charge in [-0.05, 0) is 31.6 Å². The van der Waals surface area contributed by atoms with Crippen LogP contribution in [0.3, 0.4) is 0 Å². The molecule has 0 aliphatic heterocycles. The summed E-state index contributed by atoms with van der Waals surface area (Å²) in [6.07, 6.45) is 0. The number of nitrogens with zero attached hydrogens (tertiary/aromatic N) is 1. The zero-order valence-corrected chi connectivity index (χ0v) is 8.77. The minimum atomic E-state index is 0.137. The molecule has 0 aliphatic rings. The summed E-state index contributed by atoms with van der Waals surface area (Å²) in [7, 11) is 0. The molecule has 0 heterocycles. The second-order valence-corrected chi connectivity index (χ2v) is 3.34. The van der Waals surface area contributed by atoms with Gasteiger partial charge in [-0.15, -0.1) is 0 Å². The Morgan fingerprint density at radius 3 is 2.50 bits per heavy atom. The molecule has 14 heavy (non-hydrogen) atoms. The van der Waals surface area contributed by atoms with E-state index in [-0.39, 0.29) is 5.11 Å². The number of rotatable bonds is 2. The van der Waals surface area contributed by atoms with Crippen LogP contribution in [-0.2, 0) is 0 Å². The van der Waals surface area contributed by atoms with Crippen molar-refractivity contribution in [2.45, 2.75) is 6.92 Å². The Bertz CT molecular complexity index is 354. The minimum absolute atomic E-state index is 0.137. The number of nitrogens with one attached hydrogen (secondary N) is 1. The Labute approximate surface area is 89.0 Å². The smallest absolute Gasteiger partial charge is 0.184 e. The van der Waals surface area contributed by atoms with Crippen molar-refractivity contribution in [1.29, 1.82) is 0 Å². The first kappa shape index (κ1) is 10.7. The fraction of sp³-hybridized carbons (Fsp3) is 0.100. The van der Waals surface area contributed by atoms with Crippen LogP contribution >= 0.6 is 12.2 Å². The molecule has 1 rings (SSSR count). The van der Waals surface area contributed by atoms with Crippen molar-refractivity contribution in [2.75, 3.05) is 0 Å². The highest BCUT2D eigenvalue weighted by molar-refractivity contribution is 7.80. The van der Waals surface area contributed by atoms with Crippen molar-refractivity contribution in [3.05, 3.63) is 42.3 Å². The Kier molecular flexibility index (Phi) is 3.59. The van der Waals surface area contributed by atoms with Crippen LogP contribution in [0.4, 0.5) is 0 Å². The summed E-state index contributed by atoms with van der Waals surface area (Å²) in [5, 5.41) is 4.05. The highest BCUT2D eigenvalue weighted by atomic mass is 32.1. The summed E-state index contributed by atoms with van der Waals surface area (Å²) in [6.45, 7) is 5.81. The van der Waals surface area contributed by atoms with E-state index >= 15 is 0 Å². The van der Waals surface area contributed by atoms with E-state index in [0.717, 1.165) is 5.56 Å². The lowest BCUT2D eigenvalue weighted by Crippen LogP contribution is -2.25. The number of benzene rings is 1. The molecule has 3 N–H and O–H groups in total. The van der Waals surface area contributed by atoms with Crippen molar-refractivity contribution in [3.63, 3.8) is 0 Å². The van der Waals surface area contributed by atoms with E-state index in [0.29, 0.717) is 5.71 Å². The number of aryl methyl sites for hydroxylation is 1. The van der Waals surface area contributed by atoms with Crippen molar-refractivity contribution in [3.8, 4) is 0 Å².